The predicted octanol–water partition coefficient (Wildman–Crippen LogP) is 2.60. The molecule has 1 aliphatic rings. The molecule has 0 bridgehead atoms. The number of hydrogen-bond donors (Lipinski definition) is 1. The summed E-state index contributed by atoms with van der Waals surface area (Å²) in [6.45, 7) is 2.49. The van der Waals surface area contributed by atoms with E-state index in [1.54, 1.807) is 0 Å². The van der Waals surface area contributed by atoms with Crippen LogP contribution in [0.5, 0.6) is 0 Å². The van der Waals surface area contributed by atoms with Crippen LogP contribution in [0.2, 0.25) is 0 Å². The lowest BCUT2D eigenvalue weighted by Gasteiger charge is -2.22. The fraction of sp³-hybridized carbons (Fsp3) is 0.333. The molecule has 0 aliphatic carbocycles. The highest BCUT2D eigenvalue weighted by atomic mass is 32.2. The summed E-state index contributed by atoms with van der Waals surface area (Å²) in [5, 5.41) is 10.6. The van der Waals surface area contributed by atoms with E-state index in [9.17, 15) is 26.7 Å². The summed E-state index contributed by atoms with van der Waals surface area (Å²) < 4.78 is 62.5. The number of alkyl halides is 3. The fourth-order valence-corrected chi connectivity index (χ4v) is 3.63. The Balaban J connectivity index is 2.86. The number of sulfone groups is 1. The third-order valence-electron chi connectivity index (χ3n) is 2.84. The average Bonchev–Trinajstić information content (AvgIpc) is 2.49. The maximum absolute atomic E-state index is 13.0. The Kier molecular flexibility index (Phi) is 2.84. The van der Waals surface area contributed by atoms with Crippen molar-refractivity contribution in [2.24, 2.45) is 0 Å². The molecule has 0 aromatic heterocycles. The Hall–Kier alpha value is -1.34. The second kappa shape index (κ2) is 3.83. The number of rotatable bonds is 1. The Morgan fingerprint density at radius 3 is 2.21 bits per heavy atom. The first-order chi connectivity index (χ1) is 8.44. The molecule has 0 spiro atoms. The SMILES string of the molecule is CC(C)(O)C1=CS(=O)(=O)c2cccc(C(F)(F)F)c21. The van der Waals surface area contributed by atoms with Gasteiger partial charge in [-0.05, 0) is 26.0 Å². The first-order valence-corrected chi connectivity index (χ1v) is 6.89. The van der Waals surface area contributed by atoms with E-state index < -0.39 is 37.6 Å². The van der Waals surface area contributed by atoms with Gasteiger partial charge in [-0.1, -0.05) is 6.07 Å². The van der Waals surface area contributed by atoms with Crippen LogP contribution < -0.4 is 0 Å². The zero-order valence-electron chi connectivity index (χ0n) is 10.1. The molecule has 0 saturated carbocycles. The zero-order valence-corrected chi connectivity index (χ0v) is 10.9. The molecule has 1 aromatic carbocycles. The Bertz CT molecular complexity index is 664. The molecule has 1 N–H and O–H groups in total. The first kappa shape index (κ1) is 14.1. The van der Waals surface area contributed by atoms with Crippen molar-refractivity contribution in [1.29, 1.82) is 0 Å². The molecule has 1 heterocycles. The summed E-state index contributed by atoms with van der Waals surface area (Å²) in [4.78, 5) is -0.417. The van der Waals surface area contributed by atoms with Gasteiger partial charge in [-0.25, -0.2) is 8.42 Å². The average molecular weight is 292 g/mol. The van der Waals surface area contributed by atoms with Crippen molar-refractivity contribution in [2.45, 2.75) is 30.5 Å². The van der Waals surface area contributed by atoms with Gasteiger partial charge in [0.25, 0.3) is 0 Å². The van der Waals surface area contributed by atoms with Crippen molar-refractivity contribution >= 4 is 15.4 Å². The second-order valence-corrected chi connectivity index (χ2v) is 6.58. The van der Waals surface area contributed by atoms with Gasteiger partial charge in [-0.2, -0.15) is 13.2 Å². The standard InChI is InChI=1S/C12H11F3O3S/c1-11(2,16)8-6-19(17,18)9-5-3-4-7(10(8)9)12(13,14)15/h3-6,16H,1-2H3. The van der Waals surface area contributed by atoms with Crippen molar-refractivity contribution < 1.29 is 26.7 Å². The van der Waals surface area contributed by atoms with Crippen molar-refractivity contribution in [3.05, 3.63) is 34.7 Å². The molecule has 3 nitrogen and oxygen atoms in total. The van der Waals surface area contributed by atoms with Crippen molar-refractivity contribution in [1.82, 2.24) is 0 Å². The van der Waals surface area contributed by atoms with Crippen LogP contribution in [0.4, 0.5) is 13.2 Å². The lowest BCUT2D eigenvalue weighted by molar-refractivity contribution is -0.138. The molecule has 7 heteroatoms. The van der Waals surface area contributed by atoms with Crippen LogP contribution in [0.25, 0.3) is 5.57 Å². The summed E-state index contributed by atoms with van der Waals surface area (Å²) in [7, 11) is -3.94. The minimum atomic E-state index is -4.68. The van der Waals surface area contributed by atoms with Gasteiger partial charge >= 0.3 is 6.18 Å². The van der Waals surface area contributed by atoms with Gasteiger partial charge in [-0.3, -0.25) is 0 Å². The highest BCUT2D eigenvalue weighted by Gasteiger charge is 2.42. The minimum absolute atomic E-state index is 0.240. The molecular weight excluding hydrogens is 281 g/mol. The Morgan fingerprint density at radius 2 is 1.74 bits per heavy atom. The van der Waals surface area contributed by atoms with Gasteiger partial charge in [0.2, 0.25) is 9.84 Å². The quantitative estimate of drug-likeness (QED) is 0.865. The molecule has 1 aliphatic heterocycles. The molecule has 0 amide bonds. The number of hydrogen-bond acceptors (Lipinski definition) is 3. The lowest BCUT2D eigenvalue weighted by atomic mass is 9.89. The van der Waals surface area contributed by atoms with E-state index in [0.29, 0.717) is 5.41 Å². The smallest absolute Gasteiger partial charge is 0.386 e. The topological polar surface area (TPSA) is 54.4 Å². The predicted molar refractivity (Wildman–Crippen MR) is 62.9 cm³/mol. The number of benzene rings is 1. The summed E-state index contributed by atoms with van der Waals surface area (Å²) in [6.07, 6.45) is -4.68. The van der Waals surface area contributed by atoms with Gasteiger partial charge in [0, 0.05) is 16.5 Å². The maximum atomic E-state index is 13.0. The van der Waals surface area contributed by atoms with Gasteiger partial charge < -0.3 is 5.11 Å². The monoisotopic (exact) mass is 292 g/mol. The molecular formula is C12H11F3O3S. The summed E-state index contributed by atoms with van der Waals surface area (Å²) in [6, 6.07) is 2.95. The molecule has 19 heavy (non-hydrogen) atoms. The van der Waals surface area contributed by atoms with Crippen LogP contribution in [0.1, 0.15) is 25.0 Å². The van der Waals surface area contributed by atoms with Crippen LogP contribution in [0.15, 0.2) is 28.5 Å². The number of aliphatic hydroxyl groups is 1. The molecule has 0 unspecified atom stereocenters. The van der Waals surface area contributed by atoms with Crippen LogP contribution >= 0.6 is 0 Å². The third kappa shape index (κ3) is 2.28. The number of halogens is 3. The molecule has 0 saturated heterocycles. The Labute approximate surface area is 108 Å². The van der Waals surface area contributed by atoms with Crippen LogP contribution in [0, 0.1) is 0 Å². The zero-order chi connectivity index (χ0) is 14.6. The largest absolute Gasteiger partial charge is 0.417 e. The molecule has 104 valence electrons. The normalized spacial score (nSPS) is 18.1. The lowest BCUT2D eigenvalue weighted by Crippen LogP contribution is -2.22. The molecule has 0 atom stereocenters. The fourth-order valence-electron chi connectivity index (χ4n) is 2.01. The van der Waals surface area contributed by atoms with Crippen molar-refractivity contribution in [2.75, 3.05) is 0 Å². The molecule has 1 aromatic rings. The van der Waals surface area contributed by atoms with Gasteiger partial charge in [0.15, 0.2) is 0 Å². The number of fused-ring (bicyclic) bond motifs is 1. The van der Waals surface area contributed by atoms with E-state index in [1.165, 1.54) is 13.8 Å². The molecule has 2 rings (SSSR count). The van der Waals surface area contributed by atoms with Crippen LogP contribution in [-0.2, 0) is 16.0 Å². The molecule has 0 fully saturated rings. The van der Waals surface area contributed by atoms with E-state index in [2.05, 4.69) is 0 Å². The van der Waals surface area contributed by atoms with Gasteiger partial charge in [0.1, 0.15) is 0 Å². The van der Waals surface area contributed by atoms with Crippen LogP contribution in [0.3, 0.4) is 0 Å². The third-order valence-corrected chi connectivity index (χ3v) is 4.34. The summed E-state index contributed by atoms with van der Waals surface area (Å²) >= 11 is 0. The van der Waals surface area contributed by atoms with E-state index >= 15 is 0 Å². The minimum Gasteiger partial charge on any atom is -0.386 e. The van der Waals surface area contributed by atoms with Crippen molar-refractivity contribution in [3.8, 4) is 0 Å². The van der Waals surface area contributed by atoms with Crippen molar-refractivity contribution in [3.63, 3.8) is 0 Å². The van der Waals surface area contributed by atoms with E-state index in [1.807, 2.05) is 0 Å². The van der Waals surface area contributed by atoms with E-state index in [0.717, 1.165) is 18.2 Å². The molecule has 0 radical (unpaired) electrons. The Morgan fingerprint density at radius 1 is 1.16 bits per heavy atom. The summed E-state index contributed by atoms with van der Waals surface area (Å²) in [5.41, 5.74) is -3.43. The highest BCUT2D eigenvalue weighted by molar-refractivity contribution is 7.95. The van der Waals surface area contributed by atoms with E-state index in [4.69, 9.17) is 0 Å². The maximum Gasteiger partial charge on any atom is 0.417 e. The second-order valence-electron chi connectivity index (χ2n) is 4.81. The van der Waals surface area contributed by atoms with Crippen LogP contribution in [-0.4, -0.2) is 19.1 Å². The highest BCUT2D eigenvalue weighted by Crippen LogP contribution is 2.45. The first-order valence-electron chi connectivity index (χ1n) is 5.35. The van der Waals surface area contributed by atoms with Gasteiger partial charge in [0.05, 0.1) is 16.1 Å². The van der Waals surface area contributed by atoms with Gasteiger partial charge in [-0.15, -0.1) is 0 Å². The summed E-state index contributed by atoms with van der Waals surface area (Å²) in [5.74, 6) is 0. The van der Waals surface area contributed by atoms with E-state index in [-0.39, 0.29) is 5.57 Å².